The summed E-state index contributed by atoms with van der Waals surface area (Å²) in [4.78, 5) is 17.0. The lowest BCUT2D eigenvalue weighted by molar-refractivity contribution is -0.132. The maximum absolute atomic E-state index is 11.8. The normalized spacial score (nSPS) is 21.4. The highest BCUT2D eigenvalue weighted by atomic mass is 35.5. The van der Waals surface area contributed by atoms with Gasteiger partial charge in [-0.1, -0.05) is 0 Å². The van der Waals surface area contributed by atoms with Crippen molar-refractivity contribution in [3.05, 3.63) is 16.1 Å². The van der Waals surface area contributed by atoms with E-state index in [4.69, 9.17) is 10.5 Å². The van der Waals surface area contributed by atoms with Crippen molar-refractivity contribution in [2.45, 2.75) is 38.5 Å². The van der Waals surface area contributed by atoms with E-state index in [2.05, 4.69) is 10.3 Å². The summed E-state index contributed by atoms with van der Waals surface area (Å²) in [6.07, 6.45) is 1.33. The minimum atomic E-state index is -0.336. The molecule has 1 fully saturated rings. The molecular formula is C11H19Cl2N3O2S. The van der Waals surface area contributed by atoms with E-state index in [0.29, 0.717) is 13.1 Å². The minimum absolute atomic E-state index is 0. The van der Waals surface area contributed by atoms with Crippen molar-refractivity contribution < 1.29 is 9.53 Å². The van der Waals surface area contributed by atoms with Gasteiger partial charge in [0.2, 0.25) is 5.91 Å². The molecule has 1 amide bonds. The number of hydrogen-bond acceptors (Lipinski definition) is 5. The van der Waals surface area contributed by atoms with Crippen LogP contribution in [-0.2, 0) is 16.1 Å². The van der Waals surface area contributed by atoms with Gasteiger partial charge in [0.25, 0.3) is 0 Å². The lowest BCUT2D eigenvalue weighted by Gasteiger charge is -2.12. The first-order valence-electron chi connectivity index (χ1n) is 5.73. The lowest BCUT2D eigenvalue weighted by atomic mass is 10.2. The fourth-order valence-electron chi connectivity index (χ4n) is 1.85. The Morgan fingerprint density at radius 2 is 2.32 bits per heavy atom. The molecule has 3 N–H and O–H groups in total. The van der Waals surface area contributed by atoms with Gasteiger partial charge in [0.1, 0.15) is 6.10 Å². The zero-order chi connectivity index (χ0) is 12.3. The Bertz CT molecular complexity index is 403. The van der Waals surface area contributed by atoms with Crippen LogP contribution in [0.15, 0.2) is 5.51 Å². The van der Waals surface area contributed by atoms with Crippen molar-refractivity contribution in [3.8, 4) is 0 Å². The van der Waals surface area contributed by atoms with Gasteiger partial charge in [0.15, 0.2) is 0 Å². The number of amides is 1. The van der Waals surface area contributed by atoms with Crippen molar-refractivity contribution >= 4 is 42.1 Å². The highest BCUT2D eigenvalue weighted by Gasteiger charge is 2.29. The molecule has 1 aromatic heterocycles. The van der Waals surface area contributed by atoms with Gasteiger partial charge in [-0.05, 0) is 19.8 Å². The van der Waals surface area contributed by atoms with Crippen molar-refractivity contribution in [2.24, 2.45) is 5.73 Å². The smallest absolute Gasteiger partial charge is 0.249 e. The van der Waals surface area contributed by atoms with Crippen LogP contribution in [0, 0.1) is 6.92 Å². The predicted molar refractivity (Wildman–Crippen MR) is 80.1 cm³/mol. The number of aromatic nitrogens is 1. The molecule has 0 bridgehead atoms. The number of nitrogens with zero attached hydrogens (tertiary/aromatic N) is 1. The lowest BCUT2D eigenvalue weighted by Crippen LogP contribution is -2.35. The second kappa shape index (κ2) is 8.71. The van der Waals surface area contributed by atoms with Crippen LogP contribution in [0.5, 0.6) is 0 Å². The summed E-state index contributed by atoms with van der Waals surface area (Å²) in [5.74, 6) is -0.0475. The summed E-state index contributed by atoms with van der Waals surface area (Å²) in [7, 11) is 0. The summed E-state index contributed by atoms with van der Waals surface area (Å²) < 4.78 is 5.52. The predicted octanol–water partition coefficient (Wildman–Crippen LogP) is 1.42. The first-order valence-corrected chi connectivity index (χ1v) is 6.61. The monoisotopic (exact) mass is 327 g/mol. The van der Waals surface area contributed by atoms with Gasteiger partial charge in [0.05, 0.1) is 23.9 Å². The van der Waals surface area contributed by atoms with Crippen LogP contribution in [0.25, 0.3) is 0 Å². The Balaban J connectivity index is 0.00000162. The third-order valence-electron chi connectivity index (χ3n) is 2.93. The van der Waals surface area contributed by atoms with Gasteiger partial charge < -0.3 is 15.8 Å². The van der Waals surface area contributed by atoms with Gasteiger partial charge in [-0.2, -0.15) is 0 Å². The van der Waals surface area contributed by atoms with E-state index in [1.807, 2.05) is 6.92 Å². The zero-order valence-corrected chi connectivity index (χ0v) is 13.1. The molecule has 1 aliphatic heterocycles. The largest absolute Gasteiger partial charge is 0.364 e. The SMILES string of the molecule is Cc1ncsc1CNC(=O)[C@@H]1CC[C@H](CN)O1.Cl.Cl. The van der Waals surface area contributed by atoms with Crippen molar-refractivity contribution in [3.63, 3.8) is 0 Å². The highest BCUT2D eigenvalue weighted by molar-refractivity contribution is 7.09. The van der Waals surface area contributed by atoms with Crippen LogP contribution >= 0.6 is 36.2 Å². The molecule has 0 aromatic carbocycles. The number of carbonyl (C=O) groups is 1. The maximum atomic E-state index is 11.8. The minimum Gasteiger partial charge on any atom is -0.364 e. The van der Waals surface area contributed by atoms with Crippen LogP contribution in [0.4, 0.5) is 0 Å². The molecule has 1 aliphatic rings. The van der Waals surface area contributed by atoms with E-state index in [1.165, 1.54) is 0 Å². The van der Waals surface area contributed by atoms with Crippen molar-refractivity contribution in [2.75, 3.05) is 6.54 Å². The summed E-state index contributed by atoms with van der Waals surface area (Å²) in [6.45, 7) is 2.95. The average molecular weight is 328 g/mol. The number of carbonyl (C=O) groups excluding carboxylic acids is 1. The first kappa shape index (κ1) is 18.6. The van der Waals surface area contributed by atoms with Gasteiger partial charge in [0, 0.05) is 11.4 Å². The topological polar surface area (TPSA) is 77.2 Å². The van der Waals surface area contributed by atoms with Crippen LogP contribution < -0.4 is 11.1 Å². The van der Waals surface area contributed by atoms with E-state index >= 15 is 0 Å². The molecule has 1 aromatic rings. The Kier molecular flexibility index (Phi) is 8.52. The van der Waals surface area contributed by atoms with Crippen molar-refractivity contribution in [1.29, 1.82) is 0 Å². The molecule has 19 heavy (non-hydrogen) atoms. The summed E-state index contributed by atoms with van der Waals surface area (Å²) >= 11 is 1.55. The third kappa shape index (κ3) is 4.89. The number of hydrogen-bond donors (Lipinski definition) is 2. The molecule has 2 atom stereocenters. The molecular weight excluding hydrogens is 309 g/mol. The van der Waals surface area contributed by atoms with Gasteiger partial charge in [-0.3, -0.25) is 4.79 Å². The summed E-state index contributed by atoms with van der Waals surface area (Å²) in [5.41, 5.74) is 8.26. The first-order chi connectivity index (χ1) is 8.20. The Labute approximate surface area is 129 Å². The van der Waals surface area contributed by atoms with E-state index in [0.717, 1.165) is 23.4 Å². The van der Waals surface area contributed by atoms with E-state index < -0.39 is 0 Å². The maximum Gasteiger partial charge on any atom is 0.249 e. The molecule has 0 aliphatic carbocycles. The summed E-state index contributed by atoms with van der Waals surface area (Å²) in [5, 5.41) is 2.88. The Hall–Kier alpha value is -0.400. The molecule has 2 rings (SSSR count). The van der Waals surface area contributed by atoms with Crippen LogP contribution in [0.1, 0.15) is 23.4 Å². The molecule has 0 unspecified atom stereocenters. The van der Waals surface area contributed by atoms with E-state index in [1.54, 1.807) is 16.8 Å². The number of nitrogens with one attached hydrogen (secondary N) is 1. The zero-order valence-electron chi connectivity index (χ0n) is 10.6. The molecule has 8 heteroatoms. The highest BCUT2D eigenvalue weighted by Crippen LogP contribution is 2.19. The molecule has 2 heterocycles. The fourth-order valence-corrected chi connectivity index (χ4v) is 2.57. The van der Waals surface area contributed by atoms with Crippen LogP contribution in [-0.4, -0.2) is 29.6 Å². The molecule has 0 spiro atoms. The number of halogens is 2. The van der Waals surface area contributed by atoms with E-state index in [-0.39, 0.29) is 42.9 Å². The number of thiazole rings is 1. The van der Waals surface area contributed by atoms with Gasteiger partial charge in [-0.15, -0.1) is 36.2 Å². The molecule has 5 nitrogen and oxygen atoms in total. The standard InChI is InChI=1S/C11H17N3O2S.2ClH/c1-7-10(17-6-14-7)5-13-11(15)9-3-2-8(4-12)16-9;;/h6,8-9H,2-5,12H2,1H3,(H,13,15);2*1H/t8-,9+;;/m1../s1. The Morgan fingerprint density at radius 1 is 1.58 bits per heavy atom. The quantitative estimate of drug-likeness (QED) is 0.876. The van der Waals surface area contributed by atoms with Crippen LogP contribution in [0.3, 0.4) is 0 Å². The van der Waals surface area contributed by atoms with Crippen molar-refractivity contribution in [1.82, 2.24) is 10.3 Å². The molecule has 0 saturated carbocycles. The number of ether oxygens (including phenoxy) is 1. The second-order valence-electron chi connectivity index (χ2n) is 4.14. The molecule has 110 valence electrons. The number of aryl methyl sites for hydroxylation is 1. The number of nitrogens with two attached hydrogens (primary N) is 1. The van der Waals surface area contributed by atoms with Crippen LogP contribution in [0.2, 0.25) is 0 Å². The molecule has 0 radical (unpaired) electrons. The van der Waals surface area contributed by atoms with Gasteiger partial charge in [-0.25, -0.2) is 4.98 Å². The second-order valence-corrected chi connectivity index (χ2v) is 5.08. The third-order valence-corrected chi connectivity index (χ3v) is 3.87. The summed E-state index contributed by atoms with van der Waals surface area (Å²) in [6, 6.07) is 0. The average Bonchev–Trinajstić information content (AvgIpc) is 2.94. The van der Waals surface area contributed by atoms with E-state index in [9.17, 15) is 4.79 Å². The van der Waals surface area contributed by atoms with Gasteiger partial charge >= 0.3 is 0 Å². The molecule has 1 saturated heterocycles. The Morgan fingerprint density at radius 3 is 2.84 bits per heavy atom. The number of rotatable bonds is 4. The fraction of sp³-hybridized carbons (Fsp3) is 0.636.